The van der Waals surface area contributed by atoms with E-state index in [0.717, 1.165) is 37.4 Å². The summed E-state index contributed by atoms with van der Waals surface area (Å²) >= 11 is 1.61. The van der Waals surface area contributed by atoms with E-state index in [0.29, 0.717) is 24.1 Å². The maximum absolute atomic E-state index is 12.3. The molecule has 2 amide bonds. The molecule has 0 unspecified atom stereocenters. The van der Waals surface area contributed by atoms with E-state index in [4.69, 9.17) is 16.2 Å². The Balaban J connectivity index is 0.000000231. The molecule has 220 valence electrons. The number of hydrogen-bond donors (Lipinski definition) is 5. The normalized spacial score (nSPS) is 31.0. The minimum absolute atomic E-state index is 0.0172. The summed E-state index contributed by atoms with van der Waals surface area (Å²) in [5.41, 5.74) is 10.4. The first-order valence-corrected chi connectivity index (χ1v) is 14.2. The van der Waals surface area contributed by atoms with Crippen LogP contribution in [0.15, 0.2) is 15.6 Å². The maximum Gasteiger partial charge on any atom is 0.353 e. The third-order valence-electron chi connectivity index (χ3n) is 7.90. The number of likely N-dealkylation sites (tertiary alicyclic amines) is 2. The summed E-state index contributed by atoms with van der Waals surface area (Å²) in [5, 5.41) is 23.0. The molecule has 7 atom stereocenters. The predicted molar refractivity (Wildman–Crippen MR) is 148 cm³/mol. The Hall–Kier alpha value is -2.39. The monoisotopic (exact) mass is 569 g/mol. The van der Waals surface area contributed by atoms with Crippen molar-refractivity contribution in [3.05, 3.63) is 10.6 Å². The molecule has 0 aromatic rings. The Bertz CT molecular complexity index is 978. The van der Waals surface area contributed by atoms with Crippen molar-refractivity contribution in [1.82, 2.24) is 20.0 Å². The Morgan fingerprint density at radius 1 is 1.28 bits per heavy atom. The largest absolute Gasteiger partial charge is 0.477 e. The predicted octanol–water partition coefficient (Wildman–Crippen LogP) is -0.632. The Labute approximate surface area is 234 Å². The van der Waals surface area contributed by atoms with Gasteiger partial charge in [-0.3, -0.25) is 14.9 Å². The van der Waals surface area contributed by atoms with Gasteiger partial charge in [0.2, 0.25) is 11.8 Å². The van der Waals surface area contributed by atoms with Crippen LogP contribution in [-0.2, 0) is 19.1 Å². The van der Waals surface area contributed by atoms with Gasteiger partial charge in [-0.25, -0.2) is 9.79 Å². The quantitative estimate of drug-likeness (QED) is 0.0782. The molecule has 4 aliphatic rings. The van der Waals surface area contributed by atoms with Crippen LogP contribution in [0.1, 0.15) is 40.5 Å². The van der Waals surface area contributed by atoms with Crippen LogP contribution < -0.4 is 16.8 Å². The van der Waals surface area contributed by atoms with Crippen LogP contribution in [0, 0.1) is 11.8 Å². The number of aliphatic hydroxyl groups is 1. The first kappa shape index (κ1) is 31.1. The standard InChI is InChI=1S/C16H24N2O4S.C9H19N5O2/c1-7-5-10(6-17(7)4)23-14-8(2)12-11(9(3)19)15(20)18(12)13(14)16(21)22;1-7(15)14-3-2-8(4-14)12-5-16-6-13-9(10)11/h7-12,19H,5-6H2,1-4H3,(H,21,22);8,12H,2-6H2,1H3,(H4,10,11,13)/t7-,8-,9-,10+,11-,12-;8-/m10/s1. The summed E-state index contributed by atoms with van der Waals surface area (Å²) < 4.78 is 5.14. The summed E-state index contributed by atoms with van der Waals surface area (Å²) in [4.78, 5) is 45.0. The first-order valence-electron chi connectivity index (χ1n) is 13.3. The number of rotatable bonds is 9. The second-order valence-electron chi connectivity index (χ2n) is 10.8. The fourth-order valence-electron chi connectivity index (χ4n) is 5.64. The van der Waals surface area contributed by atoms with Gasteiger partial charge in [-0.2, -0.15) is 0 Å². The number of aliphatic carboxylic acids is 1. The second kappa shape index (κ2) is 13.3. The molecule has 3 fully saturated rings. The van der Waals surface area contributed by atoms with Crippen LogP contribution in [0.5, 0.6) is 0 Å². The van der Waals surface area contributed by atoms with Gasteiger partial charge >= 0.3 is 5.97 Å². The van der Waals surface area contributed by atoms with E-state index >= 15 is 0 Å². The molecule has 0 spiro atoms. The molecule has 0 radical (unpaired) electrons. The molecule has 7 N–H and O–H groups in total. The van der Waals surface area contributed by atoms with Crippen LogP contribution in [0.25, 0.3) is 0 Å². The highest BCUT2D eigenvalue weighted by Gasteiger charge is 2.60. The second-order valence-corrected chi connectivity index (χ2v) is 12.1. The molecule has 3 saturated heterocycles. The number of nitrogens with zero attached hydrogens (tertiary/aromatic N) is 4. The lowest BCUT2D eigenvalue weighted by molar-refractivity contribution is -0.163. The summed E-state index contributed by atoms with van der Waals surface area (Å²) in [6, 6.07) is 0.567. The van der Waals surface area contributed by atoms with Gasteiger partial charge in [0.05, 0.1) is 24.8 Å². The van der Waals surface area contributed by atoms with Crippen LogP contribution in [0.4, 0.5) is 0 Å². The highest BCUT2D eigenvalue weighted by Crippen LogP contribution is 2.52. The average molecular weight is 570 g/mol. The Kier molecular flexibility index (Phi) is 10.6. The molecule has 0 saturated carbocycles. The maximum atomic E-state index is 12.3. The number of fused-ring (bicyclic) bond motifs is 1. The zero-order chi connectivity index (χ0) is 29.0. The van der Waals surface area contributed by atoms with Gasteiger partial charge in [0.15, 0.2) is 5.96 Å². The van der Waals surface area contributed by atoms with E-state index in [2.05, 4.69) is 29.2 Å². The number of thioether (sulfide) groups is 1. The summed E-state index contributed by atoms with van der Waals surface area (Å²) in [5.74, 6) is -1.69. The van der Waals surface area contributed by atoms with Gasteiger partial charge in [0, 0.05) is 54.7 Å². The fourth-order valence-corrected chi connectivity index (χ4v) is 7.33. The number of ether oxygens (including phenoxy) is 1. The van der Waals surface area contributed by atoms with Crippen molar-refractivity contribution < 1.29 is 29.3 Å². The molecule has 4 heterocycles. The van der Waals surface area contributed by atoms with Crippen molar-refractivity contribution >= 4 is 35.5 Å². The zero-order valence-corrected chi connectivity index (χ0v) is 24.2. The Morgan fingerprint density at radius 3 is 2.49 bits per heavy atom. The fraction of sp³-hybridized carbons (Fsp3) is 0.760. The molecule has 39 heavy (non-hydrogen) atoms. The molecule has 0 aliphatic carbocycles. The highest BCUT2D eigenvalue weighted by atomic mass is 32.2. The van der Waals surface area contributed by atoms with Gasteiger partial charge in [-0.05, 0) is 33.7 Å². The van der Waals surface area contributed by atoms with Gasteiger partial charge in [0.1, 0.15) is 12.4 Å². The van der Waals surface area contributed by atoms with E-state index < -0.39 is 18.0 Å². The molecular weight excluding hydrogens is 526 g/mol. The molecule has 13 nitrogen and oxygen atoms in total. The summed E-state index contributed by atoms with van der Waals surface area (Å²) in [7, 11) is 2.08. The number of carbonyl (C=O) groups excluding carboxylic acids is 2. The zero-order valence-electron chi connectivity index (χ0n) is 23.4. The number of amides is 2. The van der Waals surface area contributed by atoms with Crippen LogP contribution >= 0.6 is 11.8 Å². The lowest BCUT2D eigenvalue weighted by atomic mass is 9.79. The molecule has 4 rings (SSSR count). The third-order valence-corrected chi connectivity index (χ3v) is 9.39. The van der Waals surface area contributed by atoms with Crippen LogP contribution in [0.3, 0.4) is 0 Å². The third kappa shape index (κ3) is 7.23. The van der Waals surface area contributed by atoms with Gasteiger partial charge in [-0.1, -0.05) is 6.92 Å². The number of carboxylic acids is 1. The molecule has 0 aromatic carbocycles. The number of nitrogens with two attached hydrogens (primary N) is 2. The number of hydrogen-bond acceptors (Lipinski definition) is 9. The number of aliphatic imine (C=N–C) groups is 1. The average Bonchev–Trinajstić information content (AvgIpc) is 3.50. The number of carboxylic acid groups (broad SMARTS) is 1. The van der Waals surface area contributed by atoms with Crippen molar-refractivity contribution in [3.63, 3.8) is 0 Å². The van der Waals surface area contributed by atoms with Gasteiger partial charge < -0.3 is 41.1 Å². The topological polar surface area (TPSA) is 187 Å². The SMILES string of the molecule is CC(=O)N1CC[C@H](NCOCN=C(N)N)C1.C[C@@H]1C[C@H](SC2=C(C(=O)O)N3C(=O)[C@H]([C@@H](C)O)[C@H]3[C@H]2C)CN1C. The van der Waals surface area contributed by atoms with Crippen molar-refractivity contribution in [2.45, 2.75) is 70.0 Å². The van der Waals surface area contributed by atoms with Crippen LogP contribution in [-0.4, -0.2) is 118 Å². The lowest BCUT2D eigenvalue weighted by Crippen LogP contribution is -2.63. The number of β-lactam (4-membered cyclic amide) rings is 1. The molecule has 14 heteroatoms. The minimum atomic E-state index is -1.04. The lowest BCUT2D eigenvalue weighted by Gasteiger charge is -2.46. The van der Waals surface area contributed by atoms with E-state index in [-0.39, 0.29) is 42.2 Å². The number of guanidine groups is 1. The summed E-state index contributed by atoms with van der Waals surface area (Å²) in [6.07, 6.45) is 1.22. The number of aliphatic hydroxyl groups excluding tert-OH is 1. The highest BCUT2D eigenvalue weighted by molar-refractivity contribution is 8.03. The van der Waals surface area contributed by atoms with Crippen molar-refractivity contribution in [2.75, 3.05) is 40.1 Å². The Morgan fingerprint density at radius 2 is 1.97 bits per heavy atom. The van der Waals surface area contributed by atoms with Crippen molar-refractivity contribution in [1.29, 1.82) is 0 Å². The van der Waals surface area contributed by atoms with Crippen molar-refractivity contribution in [3.8, 4) is 0 Å². The van der Waals surface area contributed by atoms with Gasteiger partial charge in [0.25, 0.3) is 0 Å². The molecule has 0 aromatic heterocycles. The van der Waals surface area contributed by atoms with E-state index in [1.165, 1.54) is 4.90 Å². The minimum Gasteiger partial charge on any atom is -0.477 e. The van der Waals surface area contributed by atoms with Gasteiger partial charge in [-0.15, -0.1) is 11.8 Å². The molecule has 0 bridgehead atoms. The van der Waals surface area contributed by atoms with E-state index in [9.17, 15) is 24.6 Å². The molecule has 4 aliphatic heterocycles. The number of carbonyl (C=O) groups is 3. The van der Waals surface area contributed by atoms with Crippen molar-refractivity contribution in [2.24, 2.45) is 28.3 Å². The smallest absolute Gasteiger partial charge is 0.353 e. The number of nitrogens with one attached hydrogen (secondary N) is 1. The first-order chi connectivity index (χ1) is 18.3. The van der Waals surface area contributed by atoms with E-state index in [1.54, 1.807) is 25.6 Å². The summed E-state index contributed by atoms with van der Waals surface area (Å²) in [6.45, 7) is 10.3. The van der Waals surface area contributed by atoms with E-state index in [1.807, 2.05) is 11.8 Å². The molecular formula is C25H43N7O6S. The van der Waals surface area contributed by atoms with Crippen LogP contribution in [0.2, 0.25) is 0 Å².